The molecule has 3 saturated heterocycles. The van der Waals surface area contributed by atoms with Crippen LogP contribution in [0.4, 0.5) is 5.95 Å². The van der Waals surface area contributed by atoms with Crippen molar-refractivity contribution in [1.29, 1.82) is 0 Å². The van der Waals surface area contributed by atoms with Crippen LogP contribution in [0.1, 0.15) is 75.4 Å². The molecule has 17 nitrogen and oxygen atoms in total. The Balaban J connectivity index is 0.832. The minimum atomic E-state index is -3.72. The van der Waals surface area contributed by atoms with E-state index in [4.69, 9.17) is 9.72 Å². The lowest BCUT2D eigenvalue weighted by Crippen LogP contribution is -2.52. The molecule has 8 rings (SSSR count). The zero-order valence-electron chi connectivity index (χ0n) is 32.6. The van der Waals surface area contributed by atoms with Crippen LogP contribution in [0.3, 0.4) is 0 Å². The average molecular weight is 805 g/mol. The number of rotatable bonds is 12. The summed E-state index contributed by atoms with van der Waals surface area (Å²) in [5.74, 6) is -0.328. The summed E-state index contributed by atoms with van der Waals surface area (Å²) >= 11 is 0. The number of carbonyl (C=O) groups is 2. The molecule has 0 radical (unpaired) electrons. The summed E-state index contributed by atoms with van der Waals surface area (Å²) < 4.78 is 41.3. The predicted molar refractivity (Wildman–Crippen MR) is 214 cm³/mol. The Labute approximate surface area is 331 Å². The highest BCUT2D eigenvalue weighted by Gasteiger charge is 2.35. The maximum atomic E-state index is 13.7. The molecule has 2 amide bonds. The monoisotopic (exact) mass is 804 g/mol. The van der Waals surface area contributed by atoms with Gasteiger partial charge in [0.05, 0.1) is 23.7 Å². The largest absolute Gasteiger partial charge is 0.374 e. The highest BCUT2D eigenvalue weighted by atomic mass is 32.2. The number of hydrogen-bond donors (Lipinski definition) is 2. The standard InChI is InChI=1S/C39H52N10O7S/c1-44(57(54,55)47-19-16-28(17-20-47)41-38-40-23-27-12-15-34(51)48(36(27)43-38)29-9-3-4-10-29)24-30-25-46(21-22-56-30)18-6-8-26-7-5-11-31-35(26)45(2)39(53)49(31)32-13-14-33(50)42-37(32)52/h5,7,11-12,15,23,28-30,32H,3-4,6,8-10,13-14,16-22,24-25H2,1-2H3,(H,40,41,43)(H,42,50,52)/t30-,32?/m0/s1. The Hall–Kier alpha value is -4.49. The SMILES string of the molecule is CN(C[C@H]1CN(CCCc2cccc3c2n(C)c(=O)n3C2CCC(=O)NC2=O)CCO1)S(=O)(=O)N1CCC(Nc2ncc3ccc(=O)n(C4CCCC4)c3n2)CC1. The number of aryl methyl sites for hydroxylation is 2. The van der Waals surface area contributed by atoms with E-state index in [0.717, 1.165) is 61.7 Å². The molecule has 1 saturated carbocycles. The number of carbonyl (C=O) groups excluding carboxylic acids is 2. The Morgan fingerprint density at radius 2 is 1.77 bits per heavy atom. The molecule has 3 aromatic heterocycles. The summed E-state index contributed by atoms with van der Waals surface area (Å²) in [4.78, 5) is 62.1. The number of amides is 2. The summed E-state index contributed by atoms with van der Waals surface area (Å²) in [7, 11) is -0.394. The number of piperidine rings is 2. The van der Waals surface area contributed by atoms with Crippen molar-refractivity contribution in [3.05, 3.63) is 62.9 Å². The Morgan fingerprint density at radius 3 is 2.54 bits per heavy atom. The van der Waals surface area contributed by atoms with Crippen LogP contribution in [0.25, 0.3) is 22.1 Å². The van der Waals surface area contributed by atoms with Crippen LogP contribution < -0.4 is 21.9 Å². The van der Waals surface area contributed by atoms with Crippen molar-refractivity contribution < 1.29 is 22.7 Å². The molecular formula is C39H52N10O7S. The molecule has 4 aliphatic rings. The van der Waals surface area contributed by atoms with Gasteiger partial charge in [-0.25, -0.2) is 9.78 Å². The average Bonchev–Trinajstić information content (AvgIpc) is 3.82. The number of nitrogens with zero attached hydrogens (tertiary/aromatic N) is 8. The molecule has 1 unspecified atom stereocenters. The van der Waals surface area contributed by atoms with Gasteiger partial charge in [-0.3, -0.25) is 38.3 Å². The van der Waals surface area contributed by atoms with Gasteiger partial charge >= 0.3 is 5.69 Å². The molecule has 4 aromatic rings. The Morgan fingerprint density at radius 1 is 0.982 bits per heavy atom. The fourth-order valence-corrected chi connectivity index (χ4v) is 10.6. The first-order chi connectivity index (χ1) is 27.5. The molecule has 57 heavy (non-hydrogen) atoms. The molecule has 0 bridgehead atoms. The second-order valence-corrected chi connectivity index (χ2v) is 18.0. The number of morpholine rings is 1. The van der Waals surface area contributed by atoms with Crippen molar-refractivity contribution in [1.82, 2.24) is 42.5 Å². The van der Waals surface area contributed by atoms with Gasteiger partial charge in [0.1, 0.15) is 11.7 Å². The van der Waals surface area contributed by atoms with E-state index >= 15 is 0 Å². The van der Waals surface area contributed by atoms with Crippen molar-refractivity contribution in [3.8, 4) is 0 Å². The van der Waals surface area contributed by atoms with E-state index < -0.39 is 22.2 Å². The quantitative estimate of drug-likeness (QED) is 0.200. The number of imidazole rings is 1. The molecule has 0 spiro atoms. The third-order valence-electron chi connectivity index (χ3n) is 12.2. The number of nitrogens with one attached hydrogen (secondary N) is 2. The summed E-state index contributed by atoms with van der Waals surface area (Å²) in [6, 6.07) is 8.52. The molecule has 2 atom stereocenters. The van der Waals surface area contributed by atoms with Crippen molar-refractivity contribution in [2.24, 2.45) is 7.05 Å². The van der Waals surface area contributed by atoms with E-state index in [1.54, 1.807) is 37.0 Å². The third kappa shape index (κ3) is 8.02. The highest BCUT2D eigenvalue weighted by Crippen LogP contribution is 2.31. The molecule has 1 aliphatic carbocycles. The number of pyridine rings is 1. The van der Waals surface area contributed by atoms with E-state index in [2.05, 4.69) is 20.5 Å². The van der Waals surface area contributed by atoms with Gasteiger partial charge in [0.25, 0.3) is 15.8 Å². The molecule has 1 aromatic carbocycles. The first-order valence-electron chi connectivity index (χ1n) is 20.2. The van der Waals surface area contributed by atoms with Crippen molar-refractivity contribution >= 4 is 50.0 Å². The highest BCUT2D eigenvalue weighted by molar-refractivity contribution is 7.86. The number of anilines is 1. The molecule has 2 N–H and O–H groups in total. The summed E-state index contributed by atoms with van der Waals surface area (Å²) in [6.07, 6.45) is 8.78. The zero-order chi connectivity index (χ0) is 39.8. The maximum absolute atomic E-state index is 13.7. The van der Waals surface area contributed by atoms with Crippen LogP contribution in [0, 0.1) is 0 Å². The molecule has 306 valence electrons. The fraction of sp³-hybridized carbons (Fsp3) is 0.590. The summed E-state index contributed by atoms with van der Waals surface area (Å²) in [6.45, 7) is 3.56. The maximum Gasteiger partial charge on any atom is 0.329 e. The van der Waals surface area contributed by atoms with Gasteiger partial charge in [0.15, 0.2) is 0 Å². The van der Waals surface area contributed by atoms with Crippen LogP contribution in [0.2, 0.25) is 0 Å². The van der Waals surface area contributed by atoms with Gasteiger partial charge in [-0.05, 0) is 69.2 Å². The molecule has 18 heteroatoms. The van der Waals surface area contributed by atoms with Gasteiger partial charge in [-0.15, -0.1) is 0 Å². The second-order valence-electron chi connectivity index (χ2n) is 15.9. The van der Waals surface area contributed by atoms with Crippen molar-refractivity contribution in [3.63, 3.8) is 0 Å². The lowest BCUT2D eigenvalue weighted by atomic mass is 10.0. The summed E-state index contributed by atoms with van der Waals surface area (Å²) in [5.41, 5.74) is 2.77. The fourth-order valence-electron chi connectivity index (χ4n) is 9.15. The Kier molecular flexibility index (Phi) is 11.3. The van der Waals surface area contributed by atoms with E-state index in [1.165, 1.54) is 13.2 Å². The number of hydrogen-bond acceptors (Lipinski definition) is 11. The van der Waals surface area contributed by atoms with E-state index in [9.17, 15) is 27.6 Å². The third-order valence-corrected chi connectivity index (χ3v) is 14.1. The van der Waals surface area contributed by atoms with Gasteiger partial charge in [0.2, 0.25) is 17.8 Å². The Bertz CT molecular complexity index is 2380. The van der Waals surface area contributed by atoms with Gasteiger partial charge in [-0.1, -0.05) is 25.0 Å². The van der Waals surface area contributed by atoms with Crippen LogP contribution in [0.15, 0.2) is 46.1 Å². The molecule has 4 fully saturated rings. The first-order valence-corrected chi connectivity index (χ1v) is 21.6. The van der Waals surface area contributed by atoms with Crippen LogP contribution >= 0.6 is 0 Å². The van der Waals surface area contributed by atoms with Crippen molar-refractivity contribution in [2.75, 3.05) is 58.2 Å². The molecule has 6 heterocycles. The van der Waals surface area contributed by atoms with Gasteiger partial charge in [-0.2, -0.15) is 22.0 Å². The number of para-hydroxylation sites is 1. The number of fused-ring (bicyclic) bond motifs is 2. The van der Waals surface area contributed by atoms with Gasteiger partial charge < -0.3 is 10.1 Å². The smallest absolute Gasteiger partial charge is 0.329 e. The zero-order valence-corrected chi connectivity index (χ0v) is 33.5. The minimum absolute atomic E-state index is 0.00749. The van der Waals surface area contributed by atoms with Crippen LogP contribution in [-0.4, -0.2) is 122 Å². The number of aromatic nitrogens is 5. The van der Waals surface area contributed by atoms with Gasteiger partial charge in [0, 0.05) is 83.0 Å². The predicted octanol–water partition coefficient (Wildman–Crippen LogP) is 1.92. The number of benzene rings is 1. The lowest BCUT2D eigenvalue weighted by molar-refractivity contribution is -0.135. The van der Waals surface area contributed by atoms with E-state index in [0.29, 0.717) is 62.6 Å². The minimum Gasteiger partial charge on any atom is -0.374 e. The number of likely N-dealkylation sites (N-methyl/N-ethyl adjacent to an activating group) is 1. The first kappa shape index (κ1) is 39.3. The molecule has 3 aliphatic heterocycles. The molecular weight excluding hydrogens is 753 g/mol. The normalized spacial score (nSPS) is 22.2. The lowest BCUT2D eigenvalue weighted by Gasteiger charge is -2.37. The topological polar surface area (TPSA) is 186 Å². The number of ether oxygens (including phenoxy) is 1. The second kappa shape index (κ2) is 16.4. The van der Waals surface area contributed by atoms with E-state index in [1.807, 2.05) is 22.8 Å². The van der Waals surface area contributed by atoms with Crippen LogP contribution in [-0.2, 0) is 38.0 Å². The van der Waals surface area contributed by atoms with Crippen molar-refractivity contribution in [2.45, 2.75) is 88.4 Å². The number of imide groups is 1. The van der Waals surface area contributed by atoms with E-state index in [-0.39, 0.29) is 54.7 Å². The van der Waals surface area contributed by atoms with Crippen LogP contribution in [0.5, 0.6) is 0 Å². The summed E-state index contributed by atoms with van der Waals surface area (Å²) in [5, 5.41) is 6.59.